The Kier molecular flexibility index (Phi) is 3.31. The minimum atomic E-state index is 0.123. The predicted octanol–water partition coefficient (Wildman–Crippen LogP) is 4.05. The summed E-state index contributed by atoms with van der Waals surface area (Å²) in [7, 11) is 0. The van der Waals surface area contributed by atoms with Crippen molar-refractivity contribution in [2.75, 3.05) is 5.32 Å². The molecule has 2 atom stereocenters. The van der Waals surface area contributed by atoms with E-state index >= 15 is 0 Å². The van der Waals surface area contributed by atoms with Crippen LogP contribution in [0.25, 0.3) is 0 Å². The summed E-state index contributed by atoms with van der Waals surface area (Å²) >= 11 is 0. The van der Waals surface area contributed by atoms with Gasteiger partial charge in [-0.15, -0.1) is 0 Å². The standard InChI is InChI=1S/C18H19NO/c1-12-8-9-17(13(2)10-12)19-18(20)16-11-15(16)14-6-4-3-5-7-14/h3-10,15-16H,11H2,1-2H3,(H,19,20). The molecule has 1 fully saturated rings. The molecule has 1 aliphatic carbocycles. The zero-order valence-electron chi connectivity index (χ0n) is 11.9. The van der Waals surface area contributed by atoms with Gasteiger partial charge in [-0.2, -0.15) is 0 Å². The van der Waals surface area contributed by atoms with Crippen LogP contribution in [0, 0.1) is 19.8 Å². The van der Waals surface area contributed by atoms with Crippen molar-refractivity contribution >= 4 is 11.6 Å². The van der Waals surface area contributed by atoms with Crippen LogP contribution in [0.2, 0.25) is 0 Å². The number of nitrogens with one attached hydrogen (secondary N) is 1. The third kappa shape index (κ3) is 2.60. The van der Waals surface area contributed by atoms with E-state index in [2.05, 4.69) is 30.4 Å². The van der Waals surface area contributed by atoms with E-state index in [1.807, 2.05) is 37.3 Å². The van der Waals surface area contributed by atoms with Gasteiger partial charge in [0.2, 0.25) is 5.91 Å². The Morgan fingerprint density at radius 1 is 1.10 bits per heavy atom. The molecule has 102 valence electrons. The van der Waals surface area contributed by atoms with Crippen molar-refractivity contribution in [3.63, 3.8) is 0 Å². The predicted molar refractivity (Wildman–Crippen MR) is 81.8 cm³/mol. The van der Waals surface area contributed by atoms with E-state index in [4.69, 9.17) is 0 Å². The molecule has 3 rings (SSSR count). The van der Waals surface area contributed by atoms with Crippen LogP contribution in [0.3, 0.4) is 0 Å². The highest BCUT2D eigenvalue weighted by Crippen LogP contribution is 2.47. The normalized spacial score (nSPS) is 20.5. The SMILES string of the molecule is Cc1ccc(NC(=O)C2CC2c2ccccc2)c(C)c1. The summed E-state index contributed by atoms with van der Waals surface area (Å²) in [4.78, 5) is 12.3. The highest BCUT2D eigenvalue weighted by molar-refractivity contribution is 5.95. The van der Waals surface area contributed by atoms with Crippen molar-refractivity contribution in [1.82, 2.24) is 0 Å². The third-order valence-electron chi connectivity index (χ3n) is 3.99. The number of carbonyl (C=O) groups is 1. The van der Waals surface area contributed by atoms with Gasteiger partial charge in [0.05, 0.1) is 0 Å². The van der Waals surface area contributed by atoms with E-state index in [0.717, 1.165) is 17.7 Å². The Bertz CT molecular complexity index is 633. The van der Waals surface area contributed by atoms with Crippen LogP contribution < -0.4 is 5.32 Å². The van der Waals surface area contributed by atoms with E-state index in [0.29, 0.717) is 5.92 Å². The van der Waals surface area contributed by atoms with Gasteiger partial charge in [0.1, 0.15) is 0 Å². The van der Waals surface area contributed by atoms with Crippen LogP contribution in [0.4, 0.5) is 5.69 Å². The lowest BCUT2D eigenvalue weighted by atomic mass is 10.1. The largest absolute Gasteiger partial charge is 0.326 e. The fourth-order valence-electron chi connectivity index (χ4n) is 2.73. The number of amides is 1. The van der Waals surface area contributed by atoms with Crippen LogP contribution in [-0.4, -0.2) is 5.91 Å². The van der Waals surface area contributed by atoms with Crippen molar-refractivity contribution in [3.8, 4) is 0 Å². The maximum atomic E-state index is 12.3. The number of benzene rings is 2. The number of hydrogen-bond donors (Lipinski definition) is 1. The molecule has 1 N–H and O–H groups in total. The van der Waals surface area contributed by atoms with E-state index in [-0.39, 0.29) is 11.8 Å². The molecule has 0 bridgehead atoms. The van der Waals surface area contributed by atoms with E-state index in [1.165, 1.54) is 11.1 Å². The summed E-state index contributed by atoms with van der Waals surface area (Å²) in [5.74, 6) is 0.658. The van der Waals surface area contributed by atoms with E-state index in [1.54, 1.807) is 0 Å². The number of carbonyl (C=O) groups excluding carboxylic acids is 1. The van der Waals surface area contributed by atoms with Crippen LogP contribution in [-0.2, 0) is 4.79 Å². The van der Waals surface area contributed by atoms with Crippen LogP contribution in [0.5, 0.6) is 0 Å². The number of aryl methyl sites for hydroxylation is 2. The van der Waals surface area contributed by atoms with E-state index < -0.39 is 0 Å². The van der Waals surface area contributed by atoms with Crippen LogP contribution in [0.15, 0.2) is 48.5 Å². The smallest absolute Gasteiger partial charge is 0.228 e. The molecule has 0 spiro atoms. The summed E-state index contributed by atoms with van der Waals surface area (Å²) < 4.78 is 0. The molecule has 0 aliphatic heterocycles. The van der Waals surface area contributed by atoms with Gasteiger partial charge in [0.15, 0.2) is 0 Å². The molecule has 0 heterocycles. The monoisotopic (exact) mass is 265 g/mol. The lowest BCUT2D eigenvalue weighted by Crippen LogP contribution is -2.15. The second-order valence-corrected chi connectivity index (χ2v) is 5.67. The van der Waals surface area contributed by atoms with Crippen molar-refractivity contribution in [2.45, 2.75) is 26.2 Å². The first kappa shape index (κ1) is 12.9. The summed E-state index contributed by atoms with van der Waals surface area (Å²) in [6.07, 6.45) is 0.959. The van der Waals surface area contributed by atoms with Gasteiger partial charge in [-0.3, -0.25) is 4.79 Å². The maximum Gasteiger partial charge on any atom is 0.228 e. The molecule has 2 aromatic rings. The Labute approximate surface area is 119 Å². The van der Waals surface area contributed by atoms with Gasteiger partial charge >= 0.3 is 0 Å². The molecule has 1 saturated carbocycles. The minimum absolute atomic E-state index is 0.123. The summed E-state index contributed by atoms with van der Waals surface area (Å²) in [6.45, 7) is 4.09. The molecule has 20 heavy (non-hydrogen) atoms. The first-order valence-corrected chi connectivity index (χ1v) is 7.08. The molecule has 2 nitrogen and oxygen atoms in total. The van der Waals surface area contributed by atoms with Gasteiger partial charge in [-0.1, -0.05) is 48.0 Å². The Balaban J connectivity index is 1.67. The zero-order chi connectivity index (χ0) is 14.1. The van der Waals surface area contributed by atoms with Crippen molar-refractivity contribution in [1.29, 1.82) is 0 Å². The van der Waals surface area contributed by atoms with Crippen molar-refractivity contribution in [3.05, 3.63) is 65.2 Å². The van der Waals surface area contributed by atoms with Crippen molar-refractivity contribution in [2.24, 2.45) is 5.92 Å². The van der Waals surface area contributed by atoms with Crippen LogP contribution in [0.1, 0.15) is 29.0 Å². The fourth-order valence-corrected chi connectivity index (χ4v) is 2.73. The zero-order valence-corrected chi connectivity index (χ0v) is 11.9. The lowest BCUT2D eigenvalue weighted by molar-refractivity contribution is -0.117. The van der Waals surface area contributed by atoms with Gasteiger partial charge in [-0.25, -0.2) is 0 Å². The fraction of sp³-hybridized carbons (Fsp3) is 0.278. The Morgan fingerprint density at radius 3 is 2.55 bits per heavy atom. The molecule has 2 heteroatoms. The lowest BCUT2D eigenvalue weighted by Gasteiger charge is -2.09. The summed E-state index contributed by atoms with van der Waals surface area (Å²) in [5, 5.41) is 3.06. The first-order valence-electron chi connectivity index (χ1n) is 7.08. The molecule has 1 aliphatic rings. The Morgan fingerprint density at radius 2 is 1.85 bits per heavy atom. The number of hydrogen-bond acceptors (Lipinski definition) is 1. The molecule has 1 amide bonds. The number of rotatable bonds is 3. The molecular weight excluding hydrogens is 246 g/mol. The van der Waals surface area contributed by atoms with E-state index in [9.17, 15) is 4.79 Å². The molecule has 2 unspecified atom stereocenters. The highest BCUT2D eigenvalue weighted by Gasteiger charge is 2.43. The highest BCUT2D eigenvalue weighted by atomic mass is 16.2. The molecule has 0 aromatic heterocycles. The average molecular weight is 265 g/mol. The molecule has 0 saturated heterocycles. The Hall–Kier alpha value is -2.09. The van der Waals surface area contributed by atoms with Crippen LogP contribution >= 0.6 is 0 Å². The average Bonchev–Trinajstić information content (AvgIpc) is 3.23. The number of anilines is 1. The molecule has 2 aromatic carbocycles. The summed E-state index contributed by atoms with van der Waals surface area (Å²) in [6, 6.07) is 16.4. The maximum absolute atomic E-state index is 12.3. The topological polar surface area (TPSA) is 29.1 Å². The second kappa shape index (κ2) is 5.12. The quantitative estimate of drug-likeness (QED) is 0.891. The molecule has 0 radical (unpaired) electrons. The minimum Gasteiger partial charge on any atom is -0.326 e. The molecular formula is C18H19NO. The van der Waals surface area contributed by atoms with Gasteiger partial charge < -0.3 is 5.32 Å². The van der Waals surface area contributed by atoms with Gasteiger partial charge in [0.25, 0.3) is 0 Å². The van der Waals surface area contributed by atoms with Gasteiger partial charge in [-0.05, 0) is 43.4 Å². The van der Waals surface area contributed by atoms with Crippen molar-refractivity contribution < 1.29 is 4.79 Å². The summed E-state index contributed by atoms with van der Waals surface area (Å²) in [5.41, 5.74) is 4.54. The second-order valence-electron chi connectivity index (χ2n) is 5.67. The van der Waals surface area contributed by atoms with Gasteiger partial charge in [0, 0.05) is 11.6 Å². The third-order valence-corrected chi connectivity index (χ3v) is 3.99. The first-order chi connectivity index (χ1) is 9.65.